The first-order chi connectivity index (χ1) is 16.6. The van der Waals surface area contributed by atoms with E-state index in [1.54, 1.807) is 11.8 Å². The number of nitrogens with one attached hydrogen (secondary N) is 3. The van der Waals surface area contributed by atoms with Crippen molar-refractivity contribution in [2.24, 2.45) is 5.92 Å². The Kier molecular flexibility index (Phi) is 8.17. The van der Waals surface area contributed by atoms with E-state index in [9.17, 15) is 9.90 Å². The molecule has 10 heteroatoms. The number of anilines is 1. The zero-order valence-corrected chi connectivity index (χ0v) is 19.9. The summed E-state index contributed by atoms with van der Waals surface area (Å²) in [5.41, 5.74) is 3.34. The highest BCUT2D eigenvalue weighted by molar-refractivity contribution is 7.99. The Morgan fingerprint density at radius 3 is 2.71 bits per heavy atom. The number of nitrogens with zero attached hydrogens (tertiary/aromatic N) is 2. The summed E-state index contributed by atoms with van der Waals surface area (Å²) in [6, 6.07) is 15.0. The predicted octanol–water partition coefficient (Wildman–Crippen LogP) is 4.02. The standard InChI is InChI=1S/C24H29N5O4S/c1-3-25-23(31)28-19-6-4-5-18(11-19)22-32-20(13-34-24-26-14-27-29-24)15(2)21(33-22)17-9-7-16(12-30)8-10-17/h4-11,14-15,20-22,30H,3,12-13H2,1-2H3,(H2,25,28,31)(H,26,27,29)/t15-,20+,21+,22?/m0/s1. The molecule has 1 fully saturated rings. The van der Waals surface area contributed by atoms with Crippen molar-refractivity contribution < 1.29 is 19.4 Å². The Hall–Kier alpha value is -2.92. The molecule has 4 atom stereocenters. The van der Waals surface area contributed by atoms with Crippen LogP contribution in [0.4, 0.5) is 10.5 Å². The second kappa shape index (κ2) is 11.5. The number of aliphatic hydroxyl groups excluding tert-OH is 1. The molecule has 1 unspecified atom stereocenters. The van der Waals surface area contributed by atoms with Gasteiger partial charge in [0.25, 0.3) is 0 Å². The molecule has 1 saturated heterocycles. The first-order valence-corrected chi connectivity index (χ1v) is 12.2. The zero-order chi connectivity index (χ0) is 23.9. The fourth-order valence-electron chi connectivity index (χ4n) is 3.83. The van der Waals surface area contributed by atoms with Crippen molar-refractivity contribution in [3.05, 3.63) is 71.5 Å². The first kappa shape index (κ1) is 24.2. The number of carbonyl (C=O) groups is 1. The predicted molar refractivity (Wildman–Crippen MR) is 129 cm³/mol. The van der Waals surface area contributed by atoms with Crippen LogP contribution in [0.15, 0.2) is 60.0 Å². The zero-order valence-electron chi connectivity index (χ0n) is 19.1. The highest BCUT2D eigenvalue weighted by Gasteiger charge is 2.38. The van der Waals surface area contributed by atoms with Gasteiger partial charge in [0.1, 0.15) is 6.33 Å². The lowest BCUT2D eigenvalue weighted by molar-refractivity contribution is -0.268. The molecule has 1 aromatic heterocycles. The smallest absolute Gasteiger partial charge is 0.319 e. The third kappa shape index (κ3) is 5.95. The lowest BCUT2D eigenvalue weighted by atomic mass is 9.91. The Morgan fingerprint density at radius 2 is 2.00 bits per heavy atom. The van der Waals surface area contributed by atoms with E-state index >= 15 is 0 Å². The van der Waals surface area contributed by atoms with E-state index < -0.39 is 6.29 Å². The van der Waals surface area contributed by atoms with Gasteiger partial charge < -0.3 is 25.2 Å². The number of benzene rings is 2. The number of aliphatic hydroxyl groups is 1. The van der Waals surface area contributed by atoms with Gasteiger partial charge in [0.15, 0.2) is 11.4 Å². The molecule has 0 aliphatic carbocycles. The van der Waals surface area contributed by atoms with E-state index in [0.717, 1.165) is 21.8 Å². The fraction of sp³-hybridized carbons (Fsp3) is 0.375. The van der Waals surface area contributed by atoms with Gasteiger partial charge in [-0.1, -0.05) is 55.1 Å². The molecule has 34 heavy (non-hydrogen) atoms. The number of carbonyl (C=O) groups excluding carboxylic acids is 1. The van der Waals surface area contributed by atoms with Crippen LogP contribution >= 0.6 is 11.8 Å². The highest BCUT2D eigenvalue weighted by atomic mass is 32.2. The van der Waals surface area contributed by atoms with Crippen LogP contribution in [0.5, 0.6) is 0 Å². The number of rotatable bonds is 8. The average molecular weight is 484 g/mol. The van der Waals surface area contributed by atoms with Crippen LogP contribution in [-0.4, -0.2) is 44.7 Å². The molecule has 180 valence electrons. The number of amides is 2. The van der Waals surface area contributed by atoms with E-state index in [4.69, 9.17) is 9.47 Å². The molecule has 9 nitrogen and oxygen atoms in total. The third-order valence-electron chi connectivity index (χ3n) is 5.65. The molecule has 3 aromatic rings. The maximum atomic E-state index is 12.0. The van der Waals surface area contributed by atoms with Crippen LogP contribution in [0.3, 0.4) is 0 Å². The Morgan fingerprint density at radius 1 is 1.18 bits per heavy atom. The molecule has 2 heterocycles. The van der Waals surface area contributed by atoms with E-state index in [1.165, 1.54) is 6.33 Å². The van der Waals surface area contributed by atoms with Crippen molar-refractivity contribution in [3.63, 3.8) is 0 Å². The average Bonchev–Trinajstić information content (AvgIpc) is 3.37. The summed E-state index contributed by atoms with van der Waals surface area (Å²) in [7, 11) is 0. The molecule has 0 spiro atoms. The molecule has 1 aliphatic rings. The molecule has 2 amide bonds. The highest BCUT2D eigenvalue weighted by Crippen LogP contribution is 2.43. The second-order valence-electron chi connectivity index (χ2n) is 8.03. The Bertz CT molecular complexity index is 1060. The molecule has 4 rings (SSSR count). The third-order valence-corrected chi connectivity index (χ3v) is 6.62. The molecule has 0 saturated carbocycles. The molecule has 4 N–H and O–H groups in total. The molecular weight excluding hydrogens is 454 g/mol. The number of aromatic amines is 1. The number of ether oxygens (including phenoxy) is 2. The van der Waals surface area contributed by atoms with Gasteiger partial charge in [-0.05, 0) is 30.2 Å². The number of H-pyrrole nitrogens is 1. The van der Waals surface area contributed by atoms with Gasteiger partial charge in [0.05, 0.1) is 18.8 Å². The Labute approximate surface area is 202 Å². The number of hydrogen-bond acceptors (Lipinski definition) is 7. The maximum absolute atomic E-state index is 12.0. The van der Waals surface area contributed by atoms with Crippen LogP contribution in [0.25, 0.3) is 0 Å². The Balaban J connectivity index is 1.57. The summed E-state index contributed by atoms with van der Waals surface area (Å²) >= 11 is 1.55. The van der Waals surface area contributed by atoms with Crippen molar-refractivity contribution in [3.8, 4) is 0 Å². The van der Waals surface area contributed by atoms with Crippen molar-refractivity contribution >= 4 is 23.5 Å². The molecule has 2 aromatic carbocycles. The normalized spacial score (nSPS) is 22.3. The van der Waals surface area contributed by atoms with Gasteiger partial charge in [-0.25, -0.2) is 9.78 Å². The van der Waals surface area contributed by atoms with E-state index in [1.807, 2.05) is 55.5 Å². The van der Waals surface area contributed by atoms with Gasteiger partial charge in [-0.3, -0.25) is 5.10 Å². The van der Waals surface area contributed by atoms with Crippen LogP contribution in [0, 0.1) is 5.92 Å². The number of urea groups is 1. The fourth-order valence-corrected chi connectivity index (χ4v) is 4.78. The summed E-state index contributed by atoms with van der Waals surface area (Å²) < 4.78 is 12.9. The van der Waals surface area contributed by atoms with Gasteiger partial charge in [-0.15, -0.1) is 0 Å². The number of aromatic nitrogens is 3. The SMILES string of the molecule is CCNC(=O)Nc1cccc(C2O[C@H](CSc3ncn[nH]3)[C@H](C)[C@H](c3ccc(CO)cc3)O2)c1. The first-order valence-electron chi connectivity index (χ1n) is 11.2. The van der Waals surface area contributed by atoms with Crippen molar-refractivity contribution in [2.75, 3.05) is 17.6 Å². The quantitative estimate of drug-likeness (QED) is 0.357. The topological polar surface area (TPSA) is 121 Å². The largest absolute Gasteiger partial charge is 0.392 e. The van der Waals surface area contributed by atoms with Crippen molar-refractivity contribution in [2.45, 2.75) is 44.1 Å². The molecule has 1 aliphatic heterocycles. The van der Waals surface area contributed by atoms with Gasteiger partial charge in [0, 0.05) is 29.5 Å². The van der Waals surface area contributed by atoms with Gasteiger partial charge >= 0.3 is 6.03 Å². The van der Waals surface area contributed by atoms with E-state index in [2.05, 4.69) is 32.7 Å². The summed E-state index contributed by atoms with van der Waals surface area (Å²) in [5, 5.41) is 22.5. The second-order valence-corrected chi connectivity index (χ2v) is 9.04. The van der Waals surface area contributed by atoms with Gasteiger partial charge in [0.2, 0.25) is 0 Å². The van der Waals surface area contributed by atoms with Crippen LogP contribution in [-0.2, 0) is 16.1 Å². The van der Waals surface area contributed by atoms with E-state index in [0.29, 0.717) is 18.0 Å². The summed E-state index contributed by atoms with van der Waals surface area (Å²) in [5.74, 6) is 0.724. The van der Waals surface area contributed by atoms with Crippen molar-refractivity contribution in [1.82, 2.24) is 20.5 Å². The van der Waals surface area contributed by atoms with Gasteiger partial charge in [-0.2, -0.15) is 5.10 Å². The van der Waals surface area contributed by atoms with E-state index in [-0.39, 0.29) is 30.8 Å². The maximum Gasteiger partial charge on any atom is 0.319 e. The minimum Gasteiger partial charge on any atom is -0.392 e. The summed E-state index contributed by atoms with van der Waals surface area (Å²) in [6.45, 7) is 4.51. The minimum atomic E-state index is -0.616. The molecular formula is C24H29N5O4S. The van der Waals surface area contributed by atoms with Crippen LogP contribution in [0.1, 0.15) is 42.9 Å². The lowest BCUT2D eigenvalue weighted by Gasteiger charge is -2.41. The van der Waals surface area contributed by atoms with Crippen LogP contribution in [0.2, 0.25) is 0 Å². The summed E-state index contributed by atoms with van der Waals surface area (Å²) in [4.78, 5) is 16.2. The minimum absolute atomic E-state index is 0.00502. The molecule has 0 radical (unpaired) electrons. The lowest BCUT2D eigenvalue weighted by Crippen LogP contribution is -2.38. The monoisotopic (exact) mass is 483 g/mol. The number of hydrogen-bond donors (Lipinski definition) is 4. The van der Waals surface area contributed by atoms with Crippen molar-refractivity contribution in [1.29, 1.82) is 0 Å². The van der Waals surface area contributed by atoms with Crippen LogP contribution < -0.4 is 10.6 Å². The molecule has 0 bridgehead atoms. The summed E-state index contributed by atoms with van der Waals surface area (Å²) in [6.07, 6.45) is 0.524. The number of thioether (sulfide) groups is 1.